The number of nitrogens with zero attached hydrogens (tertiary/aromatic N) is 2. The number of carbonyl (C=O) groups is 2. The van der Waals surface area contributed by atoms with Crippen LogP contribution in [0.4, 0.5) is 0 Å². The number of ether oxygens (including phenoxy) is 1. The van der Waals surface area contributed by atoms with Crippen molar-refractivity contribution in [2.24, 2.45) is 5.10 Å². The van der Waals surface area contributed by atoms with Gasteiger partial charge in [0.15, 0.2) is 0 Å². The van der Waals surface area contributed by atoms with Gasteiger partial charge in [-0.2, -0.15) is 5.10 Å². The zero-order chi connectivity index (χ0) is 16.8. The number of hydrogen-bond donors (Lipinski definition) is 2. The monoisotopic (exact) mass is 318 g/mol. The van der Waals surface area contributed by atoms with Gasteiger partial charge in [-0.25, -0.2) is 5.43 Å². The fourth-order valence-electron chi connectivity index (χ4n) is 2.38. The minimum absolute atomic E-state index is 0.00725. The van der Waals surface area contributed by atoms with Gasteiger partial charge in [-0.1, -0.05) is 12.1 Å². The largest absolute Gasteiger partial charge is 0.497 e. The van der Waals surface area contributed by atoms with E-state index in [1.54, 1.807) is 7.11 Å². The van der Waals surface area contributed by atoms with E-state index in [0.29, 0.717) is 25.1 Å². The third-order valence-corrected chi connectivity index (χ3v) is 3.72. The molecular formula is C16H22N4O3. The maximum atomic E-state index is 12.1. The summed E-state index contributed by atoms with van der Waals surface area (Å²) in [4.78, 5) is 25.2. The van der Waals surface area contributed by atoms with Crippen LogP contribution in [0, 0.1) is 0 Å². The van der Waals surface area contributed by atoms with E-state index in [1.165, 1.54) is 0 Å². The highest BCUT2D eigenvalue weighted by molar-refractivity contribution is 6.39. The van der Waals surface area contributed by atoms with Gasteiger partial charge in [-0.05, 0) is 31.8 Å². The first-order chi connectivity index (χ1) is 11.0. The molecule has 0 saturated heterocycles. The van der Waals surface area contributed by atoms with Gasteiger partial charge in [0.05, 0.1) is 13.2 Å². The Hall–Kier alpha value is -2.41. The van der Waals surface area contributed by atoms with E-state index < -0.39 is 0 Å². The Kier molecular flexibility index (Phi) is 5.70. The molecule has 2 N–H and O–H groups in total. The summed E-state index contributed by atoms with van der Waals surface area (Å²) in [6.07, 6.45) is 0.655. The molecule has 1 aromatic carbocycles. The molecular weight excluding hydrogens is 296 g/mol. The summed E-state index contributed by atoms with van der Waals surface area (Å²) in [7, 11) is 5.53. The van der Waals surface area contributed by atoms with Crippen LogP contribution < -0.4 is 15.5 Å². The number of benzene rings is 1. The van der Waals surface area contributed by atoms with Crippen LogP contribution in [0.15, 0.2) is 29.4 Å². The van der Waals surface area contributed by atoms with Crippen molar-refractivity contribution in [3.05, 3.63) is 29.8 Å². The van der Waals surface area contributed by atoms with Crippen molar-refractivity contribution in [3.63, 3.8) is 0 Å². The fraction of sp³-hybridized carbons (Fsp3) is 0.438. The van der Waals surface area contributed by atoms with Gasteiger partial charge >= 0.3 is 0 Å². The Morgan fingerprint density at radius 3 is 2.83 bits per heavy atom. The maximum absolute atomic E-state index is 12.1. The molecule has 1 aromatic rings. The van der Waals surface area contributed by atoms with Crippen LogP contribution in [0.2, 0.25) is 0 Å². The van der Waals surface area contributed by atoms with Gasteiger partial charge in [0.2, 0.25) is 5.91 Å². The normalized spacial score (nSPS) is 15.7. The summed E-state index contributed by atoms with van der Waals surface area (Å²) in [6.45, 7) is 0.436. The molecule has 0 radical (unpaired) electrons. The lowest BCUT2D eigenvalue weighted by Crippen LogP contribution is -2.40. The summed E-state index contributed by atoms with van der Waals surface area (Å²) in [6, 6.07) is 7.77. The van der Waals surface area contributed by atoms with Crippen LogP contribution in [-0.4, -0.2) is 50.2 Å². The third kappa shape index (κ3) is 4.53. The predicted molar refractivity (Wildman–Crippen MR) is 87.2 cm³/mol. The molecule has 1 atom stereocenters. The topological polar surface area (TPSA) is 83.0 Å². The summed E-state index contributed by atoms with van der Waals surface area (Å²) in [5.74, 6) is 0.365. The number of hydrogen-bond acceptors (Lipinski definition) is 5. The van der Waals surface area contributed by atoms with E-state index in [2.05, 4.69) is 15.8 Å². The Labute approximate surface area is 135 Å². The second kappa shape index (κ2) is 7.73. The average Bonchev–Trinajstić information content (AvgIpc) is 2.55. The molecule has 1 aliphatic heterocycles. The first kappa shape index (κ1) is 17.0. The second-order valence-corrected chi connectivity index (χ2v) is 5.56. The van der Waals surface area contributed by atoms with Gasteiger partial charge in [-0.15, -0.1) is 0 Å². The molecule has 7 nitrogen and oxygen atoms in total. The maximum Gasteiger partial charge on any atom is 0.267 e. The zero-order valence-electron chi connectivity index (χ0n) is 13.6. The summed E-state index contributed by atoms with van der Waals surface area (Å²) in [5, 5.41) is 6.69. The summed E-state index contributed by atoms with van der Waals surface area (Å²) in [5.41, 5.74) is 3.74. The lowest BCUT2D eigenvalue weighted by Gasteiger charge is -2.25. The Balaban J connectivity index is 2.02. The van der Waals surface area contributed by atoms with Crippen LogP contribution in [0.3, 0.4) is 0 Å². The van der Waals surface area contributed by atoms with E-state index in [1.807, 2.05) is 43.3 Å². The Morgan fingerprint density at radius 1 is 1.43 bits per heavy atom. The van der Waals surface area contributed by atoms with E-state index in [-0.39, 0.29) is 17.9 Å². The molecule has 1 heterocycles. The first-order valence-electron chi connectivity index (χ1n) is 7.45. The molecule has 2 rings (SSSR count). The highest BCUT2D eigenvalue weighted by atomic mass is 16.5. The molecule has 1 unspecified atom stereocenters. The zero-order valence-corrected chi connectivity index (χ0v) is 13.6. The molecule has 124 valence electrons. The molecule has 0 aromatic heterocycles. The molecule has 7 heteroatoms. The van der Waals surface area contributed by atoms with Gasteiger partial charge in [0, 0.05) is 19.4 Å². The van der Waals surface area contributed by atoms with Crippen molar-refractivity contribution in [1.29, 1.82) is 0 Å². The summed E-state index contributed by atoms with van der Waals surface area (Å²) < 4.78 is 5.25. The number of methoxy groups -OCH3 is 1. The first-order valence-corrected chi connectivity index (χ1v) is 7.45. The van der Waals surface area contributed by atoms with Crippen molar-refractivity contribution in [1.82, 2.24) is 15.6 Å². The summed E-state index contributed by atoms with van der Waals surface area (Å²) >= 11 is 0. The number of likely N-dealkylation sites (N-methyl/N-ethyl adjacent to an activating group) is 1. The van der Waals surface area contributed by atoms with Crippen LogP contribution in [0.25, 0.3) is 0 Å². The molecule has 1 aliphatic rings. The number of carbonyl (C=O) groups excluding carboxylic acids is 2. The quantitative estimate of drug-likeness (QED) is 0.808. The fourth-order valence-corrected chi connectivity index (χ4v) is 2.38. The molecule has 0 aliphatic carbocycles. The van der Waals surface area contributed by atoms with Crippen molar-refractivity contribution in [3.8, 4) is 5.75 Å². The lowest BCUT2D eigenvalue weighted by atomic mass is 10.1. The van der Waals surface area contributed by atoms with Crippen molar-refractivity contribution < 1.29 is 14.3 Å². The van der Waals surface area contributed by atoms with Crippen LogP contribution in [0.1, 0.15) is 24.4 Å². The van der Waals surface area contributed by atoms with E-state index in [9.17, 15) is 9.59 Å². The molecule has 0 spiro atoms. The average molecular weight is 318 g/mol. The van der Waals surface area contributed by atoms with Crippen molar-refractivity contribution in [2.75, 3.05) is 27.7 Å². The molecule has 0 saturated carbocycles. The third-order valence-electron chi connectivity index (χ3n) is 3.72. The number of nitrogens with one attached hydrogen (secondary N) is 2. The van der Waals surface area contributed by atoms with Gasteiger partial charge in [0.1, 0.15) is 11.5 Å². The van der Waals surface area contributed by atoms with Gasteiger partial charge in [-0.3, -0.25) is 9.59 Å². The smallest absolute Gasteiger partial charge is 0.267 e. The minimum Gasteiger partial charge on any atom is -0.497 e. The standard InChI is InChI=1S/C16H22N4O3/c1-20(2)14(11-5-4-6-12(9-11)23-3)10-17-16(22)13-7-8-15(21)19-18-13/h4-6,9,14H,7-8,10H2,1-3H3,(H,17,22)(H,19,21). The van der Waals surface area contributed by atoms with E-state index in [4.69, 9.17) is 4.74 Å². The Bertz CT molecular complexity index is 613. The van der Waals surface area contributed by atoms with Crippen molar-refractivity contribution >= 4 is 17.5 Å². The highest BCUT2D eigenvalue weighted by Gasteiger charge is 2.21. The van der Waals surface area contributed by atoms with E-state index >= 15 is 0 Å². The van der Waals surface area contributed by atoms with E-state index in [0.717, 1.165) is 11.3 Å². The number of rotatable bonds is 6. The van der Waals surface area contributed by atoms with Gasteiger partial charge < -0.3 is 15.0 Å². The highest BCUT2D eigenvalue weighted by Crippen LogP contribution is 2.22. The predicted octanol–water partition coefficient (Wildman–Crippen LogP) is 0.680. The lowest BCUT2D eigenvalue weighted by molar-refractivity contribution is -0.121. The SMILES string of the molecule is COc1cccc(C(CNC(=O)C2=NNC(=O)CC2)N(C)C)c1. The molecule has 23 heavy (non-hydrogen) atoms. The van der Waals surface area contributed by atoms with Gasteiger partial charge in [0.25, 0.3) is 5.91 Å². The van der Waals surface area contributed by atoms with Crippen LogP contribution >= 0.6 is 0 Å². The van der Waals surface area contributed by atoms with Crippen molar-refractivity contribution in [2.45, 2.75) is 18.9 Å². The Morgan fingerprint density at radius 2 is 2.22 bits per heavy atom. The number of amides is 2. The molecule has 0 bridgehead atoms. The molecule has 0 fully saturated rings. The second-order valence-electron chi connectivity index (χ2n) is 5.56. The number of hydrazone groups is 1. The molecule has 2 amide bonds. The van der Waals surface area contributed by atoms with Crippen LogP contribution in [0.5, 0.6) is 5.75 Å². The minimum atomic E-state index is -0.250. The van der Waals surface area contributed by atoms with Crippen LogP contribution in [-0.2, 0) is 9.59 Å².